The molecule has 0 saturated heterocycles. The van der Waals surface area contributed by atoms with Gasteiger partial charge in [-0.25, -0.2) is 13.1 Å². The highest BCUT2D eigenvalue weighted by Crippen LogP contribution is 2.25. The molecule has 2 aromatic rings. The van der Waals surface area contributed by atoms with Crippen LogP contribution < -0.4 is 19.5 Å². The van der Waals surface area contributed by atoms with Crippen LogP contribution in [0.2, 0.25) is 0 Å². The third-order valence-corrected chi connectivity index (χ3v) is 5.67. The fraction of sp³-hybridized carbons (Fsp3) is 0.381. The zero-order valence-corrected chi connectivity index (χ0v) is 18.0. The largest absolute Gasteiger partial charge is 0.493 e. The molecule has 0 aliphatic carbocycles. The summed E-state index contributed by atoms with van der Waals surface area (Å²) in [7, 11) is -2.11. The minimum atomic E-state index is -3.63. The average molecular weight is 421 g/mol. The van der Waals surface area contributed by atoms with E-state index in [1.165, 1.54) is 7.11 Å². The molecule has 0 heterocycles. The third-order valence-electron chi connectivity index (χ3n) is 4.20. The van der Waals surface area contributed by atoms with Crippen molar-refractivity contribution in [2.75, 3.05) is 26.8 Å². The highest BCUT2D eigenvalue weighted by Gasteiger charge is 2.17. The van der Waals surface area contributed by atoms with Gasteiger partial charge in [0.15, 0.2) is 18.1 Å². The number of amides is 1. The van der Waals surface area contributed by atoms with Gasteiger partial charge in [0.25, 0.3) is 5.91 Å². The zero-order chi connectivity index (χ0) is 21.5. The fourth-order valence-electron chi connectivity index (χ4n) is 2.54. The average Bonchev–Trinajstić information content (AvgIpc) is 2.69. The lowest BCUT2D eigenvalue weighted by molar-refractivity contribution is -0.123. The first-order chi connectivity index (χ1) is 13.6. The number of hydrogen-bond acceptors (Lipinski definition) is 5. The van der Waals surface area contributed by atoms with Gasteiger partial charge in [0.1, 0.15) is 0 Å². The maximum Gasteiger partial charge on any atom is 0.257 e. The Balaban J connectivity index is 1.78. The van der Waals surface area contributed by atoms with Crippen LogP contribution >= 0.6 is 0 Å². The van der Waals surface area contributed by atoms with Gasteiger partial charge in [0.2, 0.25) is 10.0 Å². The number of hydrogen-bond donors (Lipinski definition) is 2. The van der Waals surface area contributed by atoms with E-state index in [1.807, 2.05) is 12.1 Å². The molecule has 1 amide bonds. The molecule has 0 bridgehead atoms. The highest BCUT2D eigenvalue weighted by atomic mass is 32.2. The van der Waals surface area contributed by atoms with E-state index >= 15 is 0 Å². The first kappa shape index (κ1) is 22.7. The molecule has 0 saturated carbocycles. The van der Waals surface area contributed by atoms with Crippen LogP contribution in [0.5, 0.6) is 11.5 Å². The van der Waals surface area contributed by atoms with Crippen LogP contribution in [0.1, 0.15) is 26.3 Å². The first-order valence-electron chi connectivity index (χ1n) is 9.26. The van der Waals surface area contributed by atoms with E-state index in [1.54, 1.807) is 36.4 Å². The van der Waals surface area contributed by atoms with Crippen LogP contribution in [0, 0.1) is 0 Å². The van der Waals surface area contributed by atoms with Gasteiger partial charge in [-0.05, 0) is 35.2 Å². The lowest BCUT2D eigenvalue weighted by Gasteiger charge is -2.19. The second-order valence-corrected chi connectivity index (χ2v) is 9.23. The molecule has 2 N–H and O–H groups in total. The second kappa shape index (κ2) is 9.76. The minimum Gasteiger partial charge on any atom is -0.493 e. The van der Waals surface area contributed by atoms with Crippen molar-refractivity contribution in [2.45, 2.75) is 31.1 Å². The molecular formula is C21H28N2O5S. The summed E-state index contributed by atoms with van der Waals surface area (Å²) in [5, 5.41) is 2.61. The summed E-state index contributed by atoms with van der Waals surface area (Å²) in [4.78, 5) is 12.1. The molecule has 0 radical (unpaired) electrons. The number of para-hydroxylation sites is 2. The first-order valence-corrected chi connectivity index (χ1v) is 10.7. The third kappa shape index (κ3) is 6.76. The van der Waals surface area contributed by atoms with Crippen molar-refractivity contribution >= 4 is 15.9 Å². The van der Waals surface area contributed by atoms with Gasteiger partial charge >= 0.3 is 0 Å². The maximum atomic E-state index is 12.4. The molecule has 2 rings (SSSR count). The van der Waals surface area contributed by atoms with Crippen molar-refractivity contribution in [3.05, 3.63) is 54.1 Å². The van der Waals surface area contributed by atoms with Crippen molar-refractivity contribution in [1.82, 2.24) is 10.0 Å². The van der Waals surface area contributed by atoms with E-state index < -0.39 is 10.0 Å². The number of benzene rings is 2. The van der Waals surface area contributed by atoms with Gasteiger partial charge in [0.05, 0.1) is 12.0 Å². The summed E-state index contributed by atoms with van der Waals surface area (Å²) in [5.74, 6) is 0.639. The van der Waals surface area contributed by atoms with E-state index in [-0.39, 0.29) is 35.9 Å². The summed E-state index contributed by atoms with van der Waals surface area (Å²) >= 11 is 0. The predicted octanol–water partition coefficient (Wildman–Crippen LogP) is 2.47. The van der Waals surface area contributed by atoms with E-state index in [2.05, 4.69) is 30.8 Å². The van der Waals surface area contributed by atoms with Gasteiger partial charge in [-0.3, -0.25) is 4.79 Å². The Hall–Kier alpha value is -2.58. The molecule has 0 aliphatic rings. The van der Waals surface area contributed by atoms with Gasteiger partial charge in [-0.15, -0.1) is 0 Å². The van der Waals surface area contributed by atoms with Crippen LogP contribution in [-0.4, -0.2) is 41.1 Å². The SMILES string of the molecule is COc1ccccc1OCC(=O)NCCNS(=O)(=O)c1ccc(C(C)(C)C)cc1. The van der Waals surface area contributed by atoms with E-state index in [0.717, 1.165) is 5.56 Å². The van der Waals surface area contributed by atoms with E-state index in [9.17, 15) is 13.2 Å². The second-order valence-electron chi connectivity index (χ2n) is 7.46. The number of methoxy groups -OCH3 is 1. The van der Waals surface area contributed by atoms with Crippen LogP contribution in [-0.2, 0) is 20.2 Å². The van der Waals surface area contributed by atoms with Crippen LogP contribution in [0.15, 0.2) is 53.4 Å². The Morgan fingerprint density at radius 2 is 1.59 bits per heavy atom. The number of rotatable bonds is 9. The molecule has 29 heavy (non-hydrogen) atoms. The monoisotopic (exact) mass is 420 g/mol. The molecule has 2 aromatic carbocycles. The maximum absolute atomic E-state index is 12.4. The van der Waals surface area contributed by atoms with Crippen LogP contribution in [0.3, 0.4) is 0 Å². The molecule has 0 aliphatic heterocycles. The Bertz CT molecular complexity index is 919. The summed E-state index contributed by atoms with van der Waals surface area (Å²) in [6, 6.07) is 13.8. The number of sulfonamides is 1. The van der Waals surface area contributed by atoms with Crippen molar-refractivity contribution < 1.29 is 22.7 Å². The standard InChI is InChI=1S/C21H28N2O5S/c1-21(2,3)16-9-11-17(12-10-16)29(25,26)23-14-13-22-20(24)15-28-19-8-6-5-7-18(19)27-4/h5-12,23H,13-15H2,1-4H3,(H,22,24). The molecule has 158 valence electrons. The summed E-state index contributed by atoms with van der Waals surface area (Å²) in [6.07, 6.45) is 0. The predicted molar refractivity (Wildman–Crippen MR) is 112 cm³/mol. The Morgan fingerprint density at radius 1 is 0.966 bits per heavy atom. The summed E-state index contributed by atoms with van der Waals surface area (Å²) in [5.41, 5.74) is 1.00. The van der Waals surface area contributed by atoms with Crippen molar-refractivity contribution in [1.29, 1.82) is 0 Å². The summed E-state index contributed by atoms with van der Waals surface area (Å²) in [6.45, 7) is 6.22. The smallest absolute Gasteiger partial charge is 0.257 e. The lowest BCUT2D eigenvalue weighted by Crippen LogP contribution is -2.36. The molecule has 7 nitrogen and oxygen atoms in total. The normalized spacial score (nSPS) is 11.7. The number of nitrogens with one attached hydrogen (secondary N) is 2. The summed E-state index contributed by atoms with van der Waals surface area (Å²) < 4.78 is 37.8. The van der Waals surface area contributed by atoms with E-state index in [0.29, 0.717) is 11.5 Å². The molecule has 0 spiro atoms. The topological polar surface area (TPSA) is 93.7 Å². The van der Waals surface area contributed by atoms with Gasteiger partial charge < -0.3 is 14.8 Å². The van der Waals surface area contributed by atoms with Crippen molar-refractivity contribution in [2.24, 2.45) is 0 Å². The molecular weight excluding hydrogens is 392 g/mol. The number of carbonyl (C=O) groups excluding carboxylic acids is 1. The Kier molecular flexibility index (Phi) is 7.64. The zero-order valence-electron chi connectivity index (χ0n) is 17.2. The molecule has 0 fully saturated rings. The highest BCUT2D eigenvalue weighted by molar-refractivity contribution is 7.89. The van der Waals surface area contributed by atoms with E-state index in [4.69, 9.17) is 9.47 Å². The Morgan fingerprint density at radius 3 is 2.17 bits per heavy atom. The van der Waals surface area contributed by atoms with Gasteiger partial charge in [0, 0.05) is 13.1 Å². The Labute approximate surface area is 172 Å². The molecule has 0 unspecified atom stereocenters. The van der Waals surface area contributed by atoms with Gasteiger partial charge in [-0.1, -0.05) is 45.0 Å². The van der Waals surface area contributed by atoms with Crippen LogP contribution in [0.25, 0.3) is 0 Å². The van der Waals surface area contributed by atoms with Gasteiger partial charge in [-0.2, -0.15) is 0 Å². The van der Waals surface area contributed by atoms with Crippen molar-refractivity contribution in [3.8, 4) is 11.5 Å². The number of carbonyl (C=O) groups is 1. The van der Waals surface area contributed by atoms with Crippen LogP contribution in [0.4, 0.5) is 0 Å². The van der Waals surface area contributed by atoms with Crippen molar-refractivity contribution in [3.63, 3.8) is 0 Å². The lowest BCUT2D eigenvalue weighted by atomic mass is 9.87. The minimum absolute atomic E-state index is 0.0498. The molecule has 0 atom stereocenters. The quantitative estimate of drug-likeness (QED) is 0.608. The molecule has 8 heteroatoms. The molecule has 0 aromatic heterocycles. The fourth-order valence-corrected chi connectivity index (χ4v) is 3.57. The number of ether oxygens (including phenoxy) is 2.